The van der Waals surface area contributed by atoms with Crippen molar-refractivity contribution in [2.75, 3.05) is 0 Å². The molecular weight excluding hydrogens is 973 g/mol. The van der Waals surface area contributed by atoms with E-state index in [9.17, 15) is 30.7 Å². The Morgan fingerprint density at radius 2 is 0.851 bits per heavy atom. The molecule has 0 saturated carbocycles. The van der Waals surface area contributed by atoms with Crippen LogP contribution < -0.4 is 0 Å². The zero-order valence-electron chi connectivity index (χ0n) is 47.9. The van der Waals surface area contributed by atoms with Crippen LogP contribution >= 0.6 is 11.6 Å². The SMILES string of the molecule is CC(C)(C)c1cc(C(F)(F)F)ccn1.CC(C)(C)c1cccc(C(F)(F)F)n1.Cc1ccc(C(C)(C)C)nc1.Cc1cccnc1C(C)(C)C.Cc1cnc(C(C)(C)C)c(Cl)c1.Cc1cnc(C(C)(C)C)c(F)c1. The number of rotatable bonds is 0. The van der Waals surface area contributed by atoms with Gasteiger partial charge in [0.1, 0.15) is 11.5 Å². The van der Waals surface area contributed by atoms with Gasteiger partial charge in [0.05, 0.1) is 22.0 Å². The number of aromatic nitrogens is 6. The molecule has 0 amide bonds. The third-order valence-corrected chi connectivity index (χ3v) is 10.7. The number of nitrogens with zero attached hydrogens (tertiary/aromatic N) is 6. The molecule has 0 aromatic carbocycles. The van der Waals surface area contributed by atoms with Crippen molar-refractivity contribution in [3.8, 4) is 0 Å². The molecule has 0 spiro atoms. The molecule has 0 unspecified atom stereocenters. The molecule has 6 rings (SSSR count). The van der Waals surface area contributed by atoms with Gasteiger partial charge in [-0.1, -0.05) is 154 Å². The van der Waals surface area contributed by atoms with Gasteiger partial charge in [-0.05, 0) is 98.5 Å². The van der Waals surface area contributed by atoms with Gasteiger partial charge in [-0.15, -0.1) is 0 Å². The van der Waals surface area contributed by atoms with E-state index in [0.717, 1.165) is 45.7 Å². The van der Waals surface area contributed by atoms with E-state index in [1.54, 1.807) is 12.3 Å². The molecule has 0 aliphatic heterocycles. The topological polar surface area (TPSA) is 77.3 Å². The highest BCUT2D eigenvalue weighted by molar-refractivity contribution is 6.31. The number of aryl methyl sites for hydroxylation is 4. The fourth-order valence-electron chi connectivity index (χ4n) is 6.38. The van der Waals surface area contributed by atoms with Crippen molar-refractivity contribution in [2.24, 2.45) is 0 Å². The predicted molar refractivity (Wildman–Crippen MR) is 292 cm³/mol. The van der Waals surface area contributed by atoms with Crippen LogP contribution in [-0.4, -0.2) is 29.9 Å². The van der Waals surface area contributed by atoms with Crippen LogP contribution in [-0.2, 0) is 44.8 Å². The number of alkyl halides is 6. The van der Waals surface area contributed by atoms with E-state index in [1.807, 2.05) is 107 Å². The van der Waals surface area contributed by atoms with Crippen LogP contribution in [0.2, 0.25) is 5.02 Å². The van der Waals surface area contributed by atoms with E-state index in [2.05, 4.69) is 124 Å². The van der Waals surface area contributed by atoms with Crippen molar-refractivity contribution < 1.29 is 30.7 Å². The minimum absolute atomic E-state index is 0.0325. The summed E-state index contributed by atoms with van der Waals surface area (Å²) in [7, 11) is 0. The normalized spacial score (nSPS) is 12.2. The smallest absolute Gasteiger partial charge is 0.261 e. The summed E-state index contributed by atoms with van der Waals surface area (Å²) in [6, 6.07) is 17.8. The van der Waals surface area contributed by atoms with E-state index in [-0.39, 0.29) is 38.3 Å². The maximum Gasteiger partial charge on any atom is 0.433 e. The number of hydrogen-bond acceptors (Lipinski definition) is 6. The van der Waals surface area contributed by atoms with Crippen LogP contribution in [0.1, 0.15) is 192 Å². The second-order valence-electron chi connectivity index (χ2n) is 24.4. The second-order valence-corrected chi connectivity index (χ2v) is 24.8. The molecule has 0 atom stereocenters. The van der Waals surface area contributed by atoms with Crippen LogP contribution in [0.5, 0.6) is 0 Å². The third kappa shape index (κ3) is 23.9. The molecule has 6 heterocycles. The molecule has 0 fully saturated rings. The first-order chi connectivity index (χ1) is 33.3. The van der Waals surface area contributed by atoms with Crippen molar-refractivity contribution in [2.45, 2.75) is 197 Å². The predicted octanol–water partition coefficient (Wildman–Crippen LogP) is 18.3. The maximum absolute atomic E-state index is 13.3. The van der Waals surface area contributed by atoms with Crippen molar-refractivity contribution in [3.63, 3.8) is 0 Å². The Balaban J connectivity index is 0.000000445. The molecule has 0 saturated heterocycles. The largest absolute Gasteiger partial charge is 0.433 e. The van der Waals surface area contributed by atoms with Gasteiger partial charge < -0.3 is 0 Å². The lowest BCUT2D eigenvalue weighted by atomic mass is 9.89. The Morgan fingerprint density at radius 1 is 0.378 bits per heavy atom. The molecule has 0 aliphatic carbocycles. The third-order valence-electron chi connectivity index (χ3n) is 10.4. The van der Waals surface area contributed by atoms with Crippen LogP contribution in [0.25, 0.3) is 0 Å². The minimum Gasteiger partial charge on any atom is -0.261 e. The van der Waals surface area contributed by atoms with Crippen LogP contribution in [0.15, 0.2) is 97.7 Å². The summed E-state index contributed by atoms with van der Waals surface area (Å²) in [6.07, 6.45) is -0.127. The standard InChI is InChI=1S/C10H14ClN.2C10H12F3N.C10H14FN.2C10H15N/c1-7-5-8(11)9(12-6-7)10(2,3)4;1-9(2,3)8-6-7(4-5-14-8)10(11,12)13;1-9(2,3)7-5-4-6-8(14-7)10(11,12)13;1-7-5-8(11)9(12-6-7)10(2,3)4;1-8-5-6-9(11-7-8)10(2,3)4;1-8-6-5-7-11-9(8)10(2,3)4/h5-6H,1-4H3;2*4-6H,1-3H3;5-6H,1-4H3;2*5-7H,1-4H3. The van der Waals surface area contributed by atoms with Gasteiger partial charge in [-0.2, -0.15) is 26.3 Å². The molecule has 0 N–H and O–H groups in total. The van der Waals surface area contributed by atoms with Crippen molar-refractivity contribution >= 4 is 11.6 Å². The first-order valence-corrected chi connectivity index (χ1v) is 24.8. The van der Waals surface area contributed by atoms with E-state index in [0.29, 0.717) is 17.1 Å². The highest BCUT2D eigenvalue weighted by atomic mass is 35.5. The van der Waals surface area contributed by atoms with Crippen LogP contribution in [0.4, 0.5) is 30.7 Å². The molecular formula is C60H82ClF7N6. The summed E-state index contributed by atoms with van der Waals surface area (Å²) in [4.78, 5) is 24.6. The number of halogens is 8. The average molecular weight is 1060 g/mol. The molecule has 6 nitrogen and oxygen atoms in total. The zero-order chi connectivity index (χ0) is 57.6. The lowest BCUT2D eigenvalue weighted by Gasteiger charge is -2.19. The summed E-state index contributed by atoms with van der Waals surface area (Å²) < 4.78 is 87.1. The molecule has 408 valence electrons. The zero-order valence-corrected chi connectivity index (χ0v) is 48.7. The lowest BCUT2D eigenvalue weighted by molar-refractivity contribution is -0.141. The van der Waals surface area contributed by atoms with Gasteiger partial charge in [0.15, 0.2) is 0 Å². The Hall–Kier alpha value is -5.30. The van der Waals surface area contributed by atoms with E-state index in [1.165, 1.54) is 35.2 Å². The van der Waals surface area contributed by atoms with E-state index < -0.39 is 23.6 Å². The molecule has 6 aromatic heterocycles. The summed E-state index contributed by atoms with van der Waals surface area (Å²) in [5, 5.41) is 0.766. The van der Waals surface area contributed by atoms with Crippen LogP contribution in [0.3, 0.4) is 0 Å². The molecule has 0 bridgehead atoms. The van der Waals surface area contributed by atoms with E-state index >= 15 is 0 Å². The summed E-state index contributed by atoms with van der Waals surface area (Å²) in [5.41, 5.74) is 7.20. The molecule has 0 aliphatic rings. The van der Waals surface area contributed by atoms with E-state index in [4.69, 9.17) is 11.6 Å². The fourth-order valence-corrected chi connectivity index (χ4v) is 6.88. The monoisotopic (exact) mass is 1050 g/mol. The van der Waals surface area contributed by atoms with Crippen LogP contribution in [0, 0.1) is 33.5 Å². The van der Waals surface area contributed by atoms with Crippen molar-refractivity contribution in [3.05, 3.63) is 176 Å². The highest BCUT2D eigenvalue weighted by Crippen LogP contribution is 2.33. The van der Waals surface area contributed by atoms with Gasteiger partial charge in [0.25, 0.3) is 0 Å². The molecule has 0 radical (unpaired) electrons. The van der Waals surface area contributed by atoms with Gasteiger partial charge in [-0.25, -0.2) is 9.37 Å². The second kappa shape index (κ2) is 26.5. The Labute approximate surface area is 443 Å². The Kier molecular flexibility index (Phi) is 23.9. The van der Waals surface area contributed by atoms with Crippen molar-refractivity contribution in [1.82, 2.24) is 29.9 Å². The fraction of sp³-hybridized carbons (Fsp3) is 0.500. The summed E-state index contributed by atoms with van der Waals surface area (Å²) >= 11 is 6.05. The maximum atomic E-state index is 13.3. The van der Waals surface area contributed by atoms with Gasteiger partial charge in [0.2, 0.25) is 0 Å². The average Bonchev–Trinajstić information content (AvgIpc) is 3.22. The first kappa shape index (κ1) is 66.7. The van der Waals surface area contributed by atoms with Gasteiger partial charge >= 0.3 is 12.4 Å². The molecule has 74 heavy (non-hydrogen) atoms. The summed E-state index contributed by atoms with van der Waals surface area (Å²) in [5.74, 6) is -0.206. The minimum atomic E-state index is -4.36. The Morgan fingerprint density at radius 3 is 1.24 bits per heavy atom. The number of pyridine rings is 6. The van der Waals surface area contributed by atoms with Gasteiger partial charge in [0, 0.05) is 86.2 Å². The Bertz CT molecular complexity index is 2470. The van der Waals surface area contributed by atoms with Crippen molar-refractivity contribution in [1.29, 1.82) is 0 Å². The molecule has 6 aromatic rings. The lowest BCUT2D eigenvalue weighted by Crippen LogP contribution is -2.17. The highest BCUT2D eigenvalue weighted by Gasteiger charge is 2.34. The number of hydrogen-bond donors (Lipinski definition) is 0. The van der Waals surface area contributed by atoms with Gasteiger partial charge in [-0.3, -0.25) is 24.9 Å². The first-order valence-electron chi connectivity index (χ1n) is 24.4. The quantitative estimate of drug-likeness (QED) is 0.141. The summed E-state index contributed by atoms with van der Waals surface area (Å²) in [6.45, 7) is 44.2. The molecule has 14 heteroatoms.